The van der Waals surface area contributed by atoms with Crippen LogP contribution in [0.4, 0.5) is 0 Å². The van der Waals surface area contributed by atoms with E-state index in [-0.39, 0.29) is 5.91 Å². The Bertz CT molecular complexity index is 1060. The number of nitrogens with two attached hydrogens (primary N) is 1. The van der Waals surface area contributed by atoms with E-state index in [0.29, 0.717) is 5.56 Å². The Morgan fingerprint density at radius 3 is 2.33 bits per heavy atom. The number of nitrogens with one attached hydrogen (secondary N) is 1. The molecule has 3 N–H and O–H groups in total. The minimum atomic E-state index is -0.125. The largest absolute Gasteiger partial charge is 0.292 e. The topological polar surface area (TPSA) is 55.1 Å². The SMILES string of the molecule is NSc1ccccc1SNC(=O)c1ccc(-c2cc3ccccc3s2)cc1. The fourth-order valence-corrected chi connectivity index (χ4v) is 5.02. The van der Waals surface area contributed by atoms with Gasteiger partial charge in [0.2, 0.25) is 0 Å². The van der Waals surface area contributed by atoms with Gasteiger partial charge < -0.3 is 0 Å². The van der Waals surface area contributed by atoms with Crippen LogP contribution in [0.15, 0.2) is 88.7 Å². The zero-order valence-electron chi connectivity index (χ0n) is 14.2. The molecule has 6 heteroatoms. The minimum Gasteiger partial charge on any atom is -0.292 e. The zero-order valence-corrected chi connectivity index (χ0v) is 16.7. The van der Waals surface area contributed by atoms with E-state index >= 15 is 0 Å². The molecule has 4 rings (SSSR count). The summed E-state index contributed by atoms with van der Waals surface area (Å²) in [6.45, 7) is 0. The summed E-state index contributed by atoms with van der Waals surface area (Å²) in [7, 11) is 0. The fourth-order valence-electron chi connectivity index (χ4n) is 2.70. The van der Waals surface area contributed by atoms with Crippen molar-refractivity contribution >= 4 is 51.2 Å². The molecule has 1 amide bonds. The molecule has 0 atom stereocenters. The second-order valence-corrected chi connectivity index (χ2v) is 8.43. The molecule has 0 spiro atoms. The van der Waals surface area contributed by atoms with E-state index < -0.39 is 0 Å². The number of hydrogen-bond acceptors (Lipinski definition) is 5. The Kier molecular flexibility index (Phi) is 5.50. The van der Waals surface area contributed by atoms with E-state index in [4.69, 9.17) is 5.14 Å². The summed E-state index contributed by atoms with van der Waals surface area (Å²) in [5, 5.41) is 6.90. The van der Waals surface area contributed by atoms with Crippen LogP contribution in [0.5, 0.6) is 0 Å². The molecule has 3 nitrogen and oxygen atoms in total. The Morgan fingerprint density at radius 2 is 1.59 bits per heavy atom. The van der Waals surface area contributed by atoms with Crippen LogP contribution in [0.2, 0.25) is 0 Å². The highest BCUT2D eigenvalue weighted by atomic mass is 32.2. The Balaban J connectivity index is 1.47. The van der Waals surface area contributed by atoms with Crippen molar-refractivity contribution in [1.82, 2.24) is 4.72 Å². The molecular weight excluding hydrogens is 392 g/mol. The average Bonchev–Trinajstić information content (AvgIpc) is 3.16. The van der Waals surface area contributed by atoms with Crippen molar-refractivity contribution in [2.24, 2.45) is 5.14 Å². The summed E-state index contributed by atoms with van der Waals surface area (Å²) in [5.74, 6) is -0.125. The first-order valence-electron chi connectivity index (χ1n) is 8.26. The lowest BCUT2D eigenvalue weighted by atomic mass is 10.1. The van der Waals surface area contributed by atoms with Crippen molar-refractivity contribution in [1.29, 1.82) is 0 Å². The number of fused-ring (bicyclic) bond motifs is 1. The first-order chi connectivity index (χ1) is 13.2. The van der Waals surface area contributed by atoms with Crippen molar-refractivity contribution in [3.8, 4) is 10.4 Å². The maximum absolute atomic E-state index is 12.4. The summed E-state index contributed by atoms with van der Waals surface area (Å²) in [6.07, 6.45) is 0. The normalized spacial score (nSPS) is 10.9. The van der Waals surface area contributed by atoms with Crippen molar-refractivity contribution in [2.45, 2.75) is 9.79 Å². The predicted molar refractivity (Wildman–Crippen MR) is 117 cm³/mol. The standard InChI is InChI=1S/C21H16N2OS3/c22-26-18-7-3-4-8-19(18)27-23-21(24)15-11-9-14(10-12-15)20-13-16-5-1-2-6-17(16)25-20/h1-13H,22H2,(H,23,24). The van der Waals surface area contributed by atoms with Gasteiger partial charge in [-0.2, -0.15) is 0 Å². The molecule has 0 saturated carbocycles. The van der Waals surface area contributed by atoms with Crippen LogP contribution in [-0.2, 0) is 0 Å². The molecule has 0 radical (unpaired) electrons. The molecule has 4 aromatic rings. The van der Waals surface area contributed by atoms with E-state index in [9.17, 15) is 4.79 Å². The lowest BCUT2D eigenvalue weighted by Gasteiger charge is -2.08. The van der Waals surface area contributed by atoms with Gasteiger partial charge in [0.1, 0.15) is 0 Å². The van der Waals surface area contributed by atoms with Crippen LogP contribution in [0.25, 0.3) is 20.5 Å². The van der Waals surface area contributed by atoms with Gasteiger partial charge in [0.05, 0.1) is 0 Å². The first kappa shape index (κ1) is 18.1. The Hall–Kier alpha value is -2.25. The molecule has 1 heterocycles. The van der Waals surface area contributed by atoms with Gasteiger partial charge in [-0.1, -0.05) is 42.5 Å². The van der Waals surface area contributed by atoms with Crippen LogP contribution in [0.3, 0.4) is 0 Å². The van der Waals surface area contributed by atoms with Crippen LogP contribution in [0, 0.1) is 0 Å². The van der Waals surface area contributed by atoms with Gasteiger partial charge >= 0.3 is 0 Å². The highest BCUT2D eigenvalue weighted by molar-refractivity contribution is 8.00. The van der Waals surface area contributed by atoms with E-state index in [1.807, 2.05) is 54.6 Å². The third kappa shape index (κ3) is 4.04. The van der Waals surface area contributed by atoms with Gasteiger partial charge in [0, 0.05) is 24.9 Å². The smallest absolute Gasteiger partial charge is 0.261 e. The Morgan fingerprint density at radius 1 is 0.889 bits per heavy atom. The summed E-state index contributed by atoms with van der Waals surface area (Å²) in [5.41, 5.74) is 1.75. The van der Waals surface area contributed by atoms with Gasteiger partial charge in [-0.3, -0.25) is 14.7 Å². The first-order valence-corrected chi connectivity index (χ1v) is 10.8. The van der Waals surface area contributed by atoms with E-state index in [0.717, 1.165) is 15.4 Å². The lowest BCUT2D eigenvalue weighted by molar-refractivity contribution is 0.0984. The fraction of sp³-hybridized carbons (Fsp3) is 0. The highest BCUT2D eigenvalue weighted by Crippen LogP contribution is 2.33. The third-order valence-electron chi connectivity index (χ3n) is 4.09. The number of carbonyl (C=O) groups excluding carboxylic acids is 1. The van der Waals surface area contributed by atoms with Gasteiger partial charge in [0.15, 0.2) is 0 Å². The van der Waals surface area contributed by atoms with E-state index in [1.165, 1.54) is 38.9 Å². The monoisotopic (exact) mass is 408 g/mol. The minimum absolute atomic E-state index is 0.125. The molecule has 134 valence electrons. The molecule has 0 bridgehead atoms. The second-order valence-electron chi connectivity index (χ2n) is 5.82. The molecule has 1 aromatic heterocycles. The summed E-state index contributed by atoms with van der Waals surface area (Å²) in [6, 6.07) is 25.9. The molecule has 27 heavy (non-hydrogen) atoms. The zero-order chi connectivity index (χ0) is 18.6. The van der Waals surface area contributed by atoms with Gasteiger partial charge in [-0.15, -0.1) is 11.3 Å². The maximum Gasteiger partial charge on any atom is 0.261 e. The van der Waals surface area contributed by atoms with Crippen LogP contribution in [-0.4, -0.2) is 5.91 Å². The lowest BCUT2D eigenvalue weighted by Crippen LogP contribution is -2.15. The van der Waals surface area contributed by atoms with Crippen molar-refractivity contribution < 1.29 is 4.79 Å². The number of benzene rings is 3. The summed E-state index contributed by atoms with van der Waals surface area (Å²) >= 11 is 4.21. The average molecular weight is 409 g/mol. The summed E-state index contributed by atoms with van der Waals surface area (Å²) in [4.78, 5) is 15.5. The van der Waals surface area contributed by atoms with Gasteiger partial charge in [-0.05, 0) is 71.2 Å². The maximum atomic E-state index is 12.4. The number of rotatable bonds is 5. The molecule has 3 aromatic carbocycles. The second kappa shape index (κ2) is 8.19. The molecule has 0 aliphatic rings. The van der Waals surface area contributed by atoms with E-state index in [2.05, 4.69) is 29.0 Å². The third-order valence-corrected chi connectivity index (χ3v) is 6.85. The molecule has 0 aliphatic carbocycles. The van der Waals surface area contributed by atoms with Crippen LogP contribution < -0.4 is 9.86 Å². The Labute approximate surface area is 170 Å². The summed E-state index contributed by atoms with van der Waals surface area (Å²) < 4.78 is 4.15. The van der Waals surface area contributed by atoms with Gasteiger partial charge in [0.25, 0.3) is 5.91 Å². The van der Waals surface area contributed by atoms with Crippen molar-refractivity contribution in [3.63, 3.8) is 0 Å². The molecular formula is C21H16N2OS3. The van der Waals surface area contributed by atoms with Crippen LogP contribution in [0.1, 0.15) is 10.4 Å². The molecule has 0 fully saturated rings. The number of thiophene rings is 1. The molecule has 0 aliphatic heterocycles. The number of carbonyl (C=O) groups is 1. The number of hydrogen-bond donors (Lipinski definition) is 2. The predicted octanol–water partition coefficient (Wildman–Crippen LogP) is 5.97. The quantitative estimate of drug-likeness (QED) is 0.399. The van der Waals surface area contributed by atoms with Crippen LogP contribution >= 0.6 is 35.2 Å². The van der Waals surface area contributed by atoms with Crippen molar-refractivity contribution in [3.05, 3.63) is 84.4 Å². The number of amides is 1. The molecule has 0 saturated heterocycles. The highest BCUT2D eigenvalue weighted by Gasteiger charge is 2.09. The van der Waals surface area contributed by atoms with Crippen molar-refractivity contribution in [2.75, 3.05) is 0 Å². The van der Waals surface area contributed by atoms with Gasteiger partial charge in [-0.25, -0.2) is 0 Å². The molecule has 0 unspecified atom stereocenters. The van der Waals surface area contributed by atoms with E-state index in [1.54, 1.807) is 11.3 Å².